The number of hydrogen-bond acceptors (Lipinski definition) is 4. The molecule has 0 spiro atoms. The van der Waals surface area contributed by atoms with Crippen molar-refractivity contribution in [1.29, 1.82) is 0 Å². The van der Waals surface area contributed by atoms with Crippen LogP contribution in [0.5, 0.6) is 0 Å². The summed E-state index contributed by atoms with van der Waals surface area (Å²) in [5.41, 5.74) is 7.12. The van der Waals surface area contributed by atoms with Gasteiger partial charge in [-0.05, 0) is 41.3 Å². The Bertz CT molecular complexity index is 632. The van der Waals surface area contributed by atoms with E-state index >= 15 is 0 Å². The first-order valence-electron chi connectivity index (χ1n) is 7.10. The fourth-order valence-corrected chi connectivity index (χ4v) is 3.34. The van der Waals surface area contributed by atoms with Crippen molar-refractivity contribution in [3.05, 3.63) is 22.2 Å². The standard InChI is InChI=1S/C14H17Cl2N5/c1-8-4-2-3-5-12(8)21-14(18-19-20-21)9-6-10(15)13(16)11(17)7-9/h6-8,12H,2-5,17H2,1H3. The van der Waals surface area contributed by atoms with Gasteiger partial charge in [-0.1, -0.05) is 43.0 Å². The Morgan fingerprint density at radius 2 is 2.00 bits per heavy atom. The quantitative estimate of drug-likeness (QED) is 0.848. The second-order valence-electron chi connectivity index (χ2n) is 5.64. The number of tetrazole rings is 1. The summed E-state index contributed by atoms with van der Waals surface area (Å²) in [6.45, 7) is 2.25. The average Bonchev–Trinajstić information content (AvgIpc) is 2.94. The van der Waals surface area contributed by atoms with Gasteiger partial charge in [0.15, 0.2) is 5.82 Å². The number of aromatic nitrogens is 4. The Morgan fingerprint density at radius 1 is 1.24 bits per heavy atom. The monoisotopic (exact) mass is 325 g/mol. The summed E-state index contributed by atoms with van der Waals surface area (Å²) in [6, 6.07) is 3.85. The molecule has 5 nitrogen and oxygen atoms in total. The highest BCUT2D eigenvalue weighted by Crippen LogP contribution is 2.37. The van der Waals surface area contributed by atoms with Gasteiger partial charge in [-0.2, -0.15) is 0 Å². The first-order valence-corrected chi connectivity index (χ1v) is 7.86. The van der Waals surface area contributed by atoms with Crippen LogP contribution < -0.4 is 5.73 Å². The van der Waals surface area contributed by atoms with E-state index < -0.39 is 0 Å². The summed E-state index contributed by atoms with van der Waals surface area (Å²) < 4.78 is 1.91. The SMILES string of the molecule is CC1CCCCC1n1nnnc1-c1cc(N)c(Cl)c(Cl)c1. The largest absolute Gasteiger partial charge is 0.397 e. The molecule has 1 saturated carbocycles. The minimum absolute atomic E-state index is 0.319. The van der Waals surface area contributed by atoms with Crippen molar-refractivity contribution in [2.45, 2.75) is 38.6 Å². The number of hydrogen-bond donors (Lipinski definition) is 1. The predicted octanol–water partition coefficient (Wildman–Crippen LogP) is 3.98. The smallest absolute Gasteiger partial charge is 0.182 e. The molecule has 2 atom stereocenters. The Hall–Kier alpha value is -1.33. The molecule has 3 rings (SSSR count). The number of nitrogens with two attached hydrogens (primary N) is 1. The maximum absolute atomic E-state index is 6.11. The van der Waals surface area contributed by atoms with Crippen LogP contribution in [0.4, 0.5) is 5.69 Å². The van der Waals surface area contributed by atoms with Crippen LogP contribution in [0.1, 0.15) is 38.6 Å². The molecule has 112 valence electrons. The number of halogens is 2. The summed E-state index contributed by atoms with van der Waals surface area (Å²) in [4.78, 5) is 0. The number of anilines is 1. The molecule has 0 saturated heterocycles. The van der Waals surface area contributed by atoms with Crippen LogP contribution in [0, 0.1) is 5.92 Å². The molecule has 1 heterocycles. The summed E-state index contributed by atoms with van der Waals surface area (Å²) in [7, 11) is 0. The number of benzene rings is 1. The maximum Gasteiger partial charge on any atom is 0.182 e. The first kappa shape index (κ1) is 14.6. The fraction of sp³-hybridized carbons (Fsp3) is 0.500. The summed E-state index contributed by atoms with van der Waals surface area (Å²) in [5, 5.41) is 13.0. The van der Waals surface area contributed by atoms with Crippen molar-refractivity contribution in [2.24, 2.45) is 5.92 Å². The maximum atomic E-state index is 6.11. The normalized spacial score (nSPS) is 22.4. The molecule has 7 heteroatoms. The lowest BCUT2D eigenvalue weighted by Gasteiger charge is -2.29. The Labute approximate surface area is 133 Å². The Balaban J connectivity index is 2.03. The molecular weight excluding hydrogens is 309 g/mol. The van der Waals surface area contributed by atoms with Crippen LogP contribution in [0.15, 0.2) is 12.1 Å². The van der Waals surface area contributed by atoms with Crippen LogP contribution in [0.2, 0.25) is 10.0 Å². The van der Waals surface area contributed by atoms with Gasteiger partial charge < -0.3 is 5.73 Å². The van der Waals surface area contributed by atoms with E-state index in [0.717, 1.165) is 12.0 Å². The van der Waals surface area contributed by atoms with E-state index in [2.05, 4.69) is 22.4 Å². The second-order valence-corrected chi connectivity index (χ2v) is 6.42. The predicted molar refractivity (Wildman–Crippen MR) is 84.4 cm³/mol. The molecule has 1 aliphatic carbocycles. The van der Waals surface area contributed by atoms with Gasteiger partial charge in [0.2, 0.25) is 0 Å². The van der Waals surface area contributed by atoms with Gasteiger partial charge in [0.1, 0.15) is 0 Å². The highest BCUT2D eigenvalue weighted by atomic mass is 35.5. The van der Waals surface area contributed by atoms with Crippen molar-refractivity contribution in [3.8, 4) is 11.4 Å². The molecule has 2 unspecified atom stereocenters. The van der Waals surface area contributed by atoms with E-state index in [-0.39, 0.29) is 0 Å². The molecule has 21 heavy (non-hydrogen) atoms. The number of rotatable bonds is 2. The van der Waals surface area contributed by atoms with Gasteiger partial charge in [0, 0.05) is 5.56 Å². The van der Waals surface area contributed by atoms with Gasteiger partial charge in [-0.25, -0.2) is 4.68 Å². The molecule has 1 fully saturated rings. The molecule has 1 aromatic heterocycles. The van der Waals surface area contributed by atoms with Crippen molar-refractivity contribution in [1.82, 2.24) is 20.2 Å². The van der Waals surface area contributed by atoms with Crippen molar-refractivity contribution < 1.29 is 0 Å². The number of nitrogen functional groups attached to an aromatic ring is 1. The minimum atomic E-state index is 0.319. The molecule has 2 aromatic rings. The van der Waals surface area contributed by atoms with E-state index in [1.807, 2.05) is 4.68 Å². The highest BCUT2D eigenvalue weighted by molar-refractivity contribution is 6.43. The highest BCUT2D eigenvalue weighted by Gasteiger charge is 2.27. The van der Waals surface area contributed by atoms with Crippen LogP contribution in [0.3, 0.4) is 0 Å². The minimum Gasteiger partial charge on any atom is -0.397 e. The lowest BCUT2D eigenvalue weighted by atomic mass is 9.86. The van der Waals surface area contributed by atoms with Crippen LogP contribution in [-0.2, 0) is 0 Å². The van der Waals surface area contributed by atoms with Gasteiger partial charge in [0.25, 0.3) is 0 Å². The number of nitrogens with zero attached hydrogens (tertiary/aromatic N) is 4. The molecule has 0 amide bonds. The molecule has 1 aliphatic rings. The first-order chi connectivity index (χ1) is 10.1. The van der Waals surface area contributed by atoms with Crippen molar-refractivity contribution in [2.75, 3.05) is 5.73 Å². The zero-order chi connectivity index (χ0) is 15.0. The van der Waals surface area contributed by atoms with E-state index in [1.54, 1.807) is 12.1 Å². The molecule has 0 bridgehead atoms. The Morgan fingerprint density at radius 3 is 2.71 bits per heavy atom. The fourth-order valence-electron chi connectivity index (χ4n) is 3.01. The third-order valence-corrected chi connectivity index (χ3v) is 5.00. The van der Waals surface area contributed by atoms with Crippen molar-refractivity contribution in [3.63, 3.8) is 0 Å². The lowest BCUT2D eigenvalue weighted by molar-refractivity contribution is 0.239. The van der Waals surface area contributed by atoms with E-state index in [9.17, 15) is 0 Å². The summed E-state index contributed by atoms with van der Waals surface area (Å²) in [5.74, 6) is 1.25. The Kier molecular flexibility index (Phi) is 4.04. The van der Waals surface area contributed by atoms with E-state index in [0.29, 0.717) is 33.5 Å². The summed E-state index contributed by atoms with van der Waals surface area (Å²) in [6.07, 6.45) is 4.77. The van der Waals surface area contributed by atoms with Crippen LogP contribution in [0.25, 0.3) is 11.4 Å². The van der Waals surface area contributed by atoms with Gasteiger partial charge in [0.05, 0.1) is 21.8 Å². The van der Waals surface area contributed by atoms with E-state index in [4.69, 9.17) is 28.9 Å². The lowest BCUT2D eigenvalue weighted by Crippen LogP contribution is -2.23. The average molecular weight is 326 g/mol. The zero-order valence-corrected chi connectivity index (χ0v) is 13.3. The molecule has 0 radical (unpaired) electrons. The second kappa shape index (κ2) is 5.81. The molecule has 1 aromatic carbocycles. The third-order valence-electron chi connectivity index (χ3n) is 4.19. The van der Waals surface area contributed by atoms with Crippen molar-refractivity contribution >= 4 is 28.9 Å². The zero-order valence-electron chi connectivity index (χ0n) is 11.8. The van der Waals surface area contributed by atoms with Gasteiger partial charge in [-0.3, -0.25) is 0 Å². The van der Waals surface area contributed by atoms with Crippen LogP contribution >= 0.6 is 23.2 Å². The van der Waals surface area contributed by atoms with Crippen LogP contribution in [-0.4, -0.2) is 20.2 Å². The topological polar surface area (TPSA) is 69.6 Å². The molecule has 2 N–H and O–H groups in total. The van der Waals surface area contributed by atoms with E-state index in [1.165, 1.54) is 19.3 Å². The summed E-state index contributed by atoms with van der Waals surface area (Å²) >= 11 is 12.1. The van der Waals surface area contributed by atoms with Gasteiger partial charge in [-0.15, -0.1) is 5.10 Å². The van der Waals surface area contributed by atoms with Gasteiger partial charge >= 0.3 is 0 Å². The molecular formula is C14H17Cl2N5. The molecule has 0 aliphatic heterocycles. The third kappa shape index (κ3) is 2.72.